The maximum absolute atomic E-state index is 11.8. The topological polar surface area (TPSA) is 66.8 Å². The fraction of sp³-hybridized carbons (Fsp3) is 0.571. The van der Waals surface area contributed by atoms with Crippen molar-refractivity contribution in [2.45, 2.75) is 25.8 Å². The van der Waals surface area contributed by atoms with Gasteiger partial charge >= 0.3 is 11.9 Å². The SMILES string of the molecule is CCOC(=O)C1CCCN(C(C(=O)O)c2ccsc2)C1. The zero-order valence-electron chi connectivity index (χ0n) is 11.4. The number of hydrogen-bond acceptors (Lipinski definition) is 5. The van der Waals surface area contributed by atoms with Crippen LogP contribution in [0.25, 0.3) is 0 Å². The lowest BCUT2D eigenvalue weighted by molar-refractivity contribution is -0.153. The number of rotatable bonds is 5. The molecule has 5 nitrogen and oxygen atoms in total. The van der Waals surface area contributed by atoms with Gasteiger partial charge in [-0.15, -0.1) is 0 Å². The molecule has 0 radical (unpaired) electrons. The van der Waals surface area contributed by atoms with Crippen LogP contribution in [0.5, 0.6) is 0 Å². The first-order valence-electron chi connectivity index (χ1n) is 6.79. The van der Waals surface area contributed by atoms with E-state index in [0.29, 0.717) is 19.7 Å². The van der Waals surface area contributed by atoms with E-state index in [-0.39, 0.29) is 11.9 Å². The van der Waals surface area contributed by atoms with Crippen LogP contribution >= 0.6 is 11.3 Å². The number of ether oxygens (including phenoxy) is 1. The van der Waals surface area contributed by atoms with E-state index in [0.717, 1.165) is 18.4 Å². The molecule has 2 unspecified atom stereocenters. The number of carboxylic acids is 1. The molecule has 0 bridgehead atoms. The summed E-state index contributed by atoms with van der Waals surface area (Å²) in [4.78, 5) is 25.2. The van der Waals surface area contributed by atoms with Crippen molar-refractivity contribution < 1.29 is 19.4 Å². The Labute approximate surface area is 122 Å². The van der Waals surface area contributed by atoms with E-state index in [1.165, 1.54) is 11.3 Å². The maximum Gasteiger partial charge on any atom is 0.325 e. The summed E-state index contributed by atoms with van der Waals surface area (Å²) < 4.78 is 5.05. The largest absolute Gasteiger partial charge is 0.480 e. The molecule has 2 heterocycles. The van der Waals surface area contributed by atoms with Crippen molar-refractivity contribution in [3.8, 4) is 0 Å². The Kier molecular flexibility index (Phi) is 5.14. The van der Waals surface area contributed by atoms with E-state index < -0.39 is 12.0 Å². The van der Waals surface area contributed by atoms with Gasteiger partial charge in [0.15, 0.2) is 0 Å². The Bertz CT molecular complexity index is 460. The van der Waals surface area contributed by atoms with Crippen molar-refractivity contribution in [1.82, 2.24) is 4.90 Å². The Balaban J connectivity index is 2.10. The smallest absolute Gasteiger partial charge is 0.325 e. The van der Waals surface area contributed by atoms with Gasteiger partial charge in [-0.3, -0.25) is 14.5 Å². The molecular formula is C14H19NO4S. The van der Waals surface area contributed by atoms with E-state index >= 15 is 0 Å². The molecule has 0 saturated carbocycles. The second-order valence-corrected chi connectivity index (χ2v) is 5.66. The molecule has 6 heteroatoms. The highest BCUT2D eigenvalue weighted by Crippen LogP contribution is 2.29. The first-order chi connectivity index (χ1) is 9.63. The van der Waals surface area contributed by atoms with Crippen LogP contribution in [-0.2, 0) is 14.3 Å². The highest BCUT2D eigenvalue weighted by atomic mass is 32.1. The molecule has 1 aliphatic heterocycles. The normalized spacial score (nSPS) is 21.4. The van der Waals surface area contributed by atoms with Crippen molar-refractivity contribution in [1.29, 1.82) is 0 Å². The fourth-order valence-electron chi connectivity index (χ4n) is 2.63. The molecule has 0 spiro atoms. The molecule has 0 amide bonds. The quantitative estimate of drug-likeness (QED) is 0.844. The van der Waals surface area contributed by atoms with Gasteiger partial charge in [-0.25, -0.2) is 0 Å². The molecule has 0 aliphatic carbocycles. The summed E-state index contributed by atoms with van der Waals surface area (Å²) >= 11 is 1.48. The highest BCUT2D eigenvalue weighted by Gasteiger charge is 2.34. The summed E-state index contributed by atoms with van der Waals surface area (Å²) in [6, 6.07) is 1.16. The van der Waals surface area contributed by atoms with Crippen molar-refractivity contribution in [2.75, 3.05) is 19.7 Å². The average molecular weight is 297 g/mol. The van der Waals surface area contributed by atoms with Crippen LogP contribution < -0.4 is 0 Å². The molecule has 1 aromatic heterocycles. The van der Waals surface area contributed by atoms with Crippen LogP contribution in [0.2, 0.25) is 0 Å². The Morgan fingerprint density at radius 1 is 1.60 bits per heavy atom. The number of esters is 1. The lowest BCUT2D eigenvalue weighted by atomic mass is 9.95. The van der Waals surface area contributed by atoms with E-state index in [2.05, 4.69) is 0 Å². The number of carboxylic acid groups (broad SMARTS) is 1. The summed E-state index contributed by atoms with van der Waals surface area (Å²) in [7, 11) is 0. The molecule has 1 N–H and O–H groups in total. The minimum Gasteiger partial charge on any atom is -0.480 e. The molecule has 1 fully saturated rings. The van der Waals surface area contributed by atoms with Gasteiger partial charge in [-0.05, 0) is 48.7 Å². The second-order valence-electron chi connectivity index (χ2n) is 4.88. The minimum atomic E-state index is -0.868. The molecule has 2 atom stereocenters. The van der Waals surface area contributed by atoms with Crippen molar-refractivity contribution >= 4 is 23.3 Å². The van der Waals surface area contributed by atoms with Crippen LogP contribution in [0.15, 0.2) is 16.8 Å². The summed E-state index contributed by atoms with van der Waals surface area (Å²) in [6.07, 6.45) is 1.59. The molecule has 0 aromatic carbocycles. The molecule has 1 aromatic rings. The van der Waals surface area contributed by atoms with Crippen molar-refractivity contribution in [3.63, 3.8) is 0 Å². The first-order valence-corrected chi connectivity index (χ1v) is 7.73. The molecule has 110 valence electrons. The van der Waals surface area contributed by atoms with Crippen LogP contribution in [0, 0.1) is 5.92 Å². The van der Waals surface area contributed by atoms with Gasteiger partial charge in [0.1, 0.15) is 6.04 Å². The summed E-state index contributed by atoms with van der Waals surface area (Å²) in [5, 5.41) is 13.2. The van der Waals surface area contributed by atoms with Crippen molar-refractivity contribution in [2.24, 2.45) is 5.92 Å². The van der Waals surface area contributed by atoms with E-state index in [1.807, 2.05) is 21.7 Å². The number of likely N-dealkylation sites (tertiary alicyclic amines) is 1. The Hall–Kier alpha value is -1.40. The number of carbonyl (C=O) groups excluding carboxylic acids is 1. The number of nitrogens with zero attached hydrogens (tertiary/aromatic N) is 1. The first kappa shape index (κ1) is 15.0. The highest BCUT2D eigenvalue weighted by molar-refractivity contribution is 7.08. The van der Waals surface area contributed by atoms with Crippen LogP contribution in [-0.4, -0.2) is 41.6 Å². The minimum absolute atomic E-state index is 0.216. The molecular weight excluding hydrogens is 278 g/mol. The van der Waals surface area contributed by atoms with Gasteiger partial charge in [0.05, 0.1) is 12.5 Å². The predicted octanol–water partition coefficient (Wildman–Crippen LogP) is 2.15. The standard InChI is InChI=1S/C14H19NO4S/c1-2-19-14(18)10-4-3-6-15(8-10)12(13(16)17)11-5-7-20-9-11/h5,7,9-10,12H,2-4,6,8H2,1H3,(H,16,17). The number of thiophene rings is 1. The molecule has 20 heavy (non-hydrogen) atoms. The van der Waals surface area contributed by atoms with Gasteiger partial charge in [0.25, 0.3) is 0 Å². The zero-order chi connectivity index (χ0) is 14.5. The van der Waals surface area contributed by atoms with Crippen LogP contribution in [0.1, 0.15) is 31.4 Å². The Morgan fingerprint density at radius 3 is 3.00 bits per heavy atom. The Morgan fingerprint density at radius 2 is 2.40 bits per heavy atom. The molecule has 2 rings (SSSR count). The molecule has 1 saturated heterocycles. The fourth-order valence-corrected chi connectivity index (χ4v) is 3.31. The van der Waals surface area contributed by atoms with E-state index in [1.54, 1.807) is 6.92 Å². The number of piperidine rings is 1. The average Bonchev–Trinajstić information content (AvgIpc) is 2.93. The number of carbonyl (C=O) groups is 2. The van der Waals surface area contributed by atoms with Gasteiger partial charge in [-0.2, -0.15) is 11.3 Å². The third kappa shape index (κ3) is 3.37. The van der Waals surface area contributed by atoms with Crippen LogP contribution in [0.3, 0.4) is 0 Å². The van der Waals surface area contributed by atoms with Gasteiger partial charge in [0.2, 0.25) is 0 Å². The van der Waals surface area contributed by atoms with E-state index in [4.69, 9.17) is 4.74 Å². The number of hydrogen-bond donors (Lipinski definition) is 1. The lowest BCUT2D eigenvalue weighted by Gasteiger charge is -2.35. The number of aliphatic carboxylic acids is 1. The summed E-state index contributed by atoms with van der Waals surface area (Å²) in [5.74, 6) is -1.30. The van der Waals surface area contributed by atoms with Gasteiger partial charge < -0.3 is 9.84 Å². The lowest BCUT2D eigenvalue weighted by Crippen LogP contribution is -2.43. The van der Waals surface area contributed by atoms with Crippen molar-refractivity contribution in [3.05, 3.63) is 22.4 Å². The summed E-state index contributed by atoms with van der Waals surface area (Å²) in [5.41, 5.74) is 0.784. The maximum atomic E-state index is 11.8. The van der Waals surface area contributed by atoms with Gasteiger partial charge in [-0.1, -0.05) is 0 Å². The second kappa shape index (κ2) is 6.85. The predicted molar refractivity (Wildman–Crippen MR) is 75.6 cm³/mol. The third-order valence-corrected chi connectivity index (χ3v) is 4.23. The third-order valence-electron chi connectivity index (χ3n) is 3.53. The van der Waals surface area contributed by atoms with Gasteiger partial charge in [0, 0.05) is 6.54 Å². The van der Waals surface area contributed by atoms with Crippen LogP contribution in [0.4, 0.5) is 0 Å². The zero-order valence-corrected chi connectivity index (χ0v) is 12.3. The molecule has 1 aliphatic rings. The monoisotopic (exact) mass is 297 g/mol. The van der Waals surface area contributed by atoms with E-state index in [9.17, 15) is 14.7 Å². The summed E-state index contributed by atoms with van der Waals surface area (Å²) in [6.45, 7) is 3.29.